The fraction of sp³-hybridized carbons (Fsp3) is 0.107. The van der Waals surface area contributed by atoms with Gasteiger partial charge < -0.3 is 9.30 Å². The molecule has 0 bridgehead atoms. The first-order valence-electron chi connectivity index (χ1n) is 11.4. The highest BCUT2D eigenvalue weighted by atomic mass is 16.5. The zero-order valence-electron chi connectivity index (χ0n) is 19.8. The van der Waals surface area contributed by atoms with Crippen molar-refractivity contribution in [2.75, 3.05) is 6.61 Å². The van der Waals surface area contributed by atoms with Crippen molar-refractivity contribution in [3.8, 4) is 11.3 Å². The standard InChI is InChI=1S/C28H23N5O3/c1-19-29-30-31-33(19)24(17-20-11-5-3-6-12-20)28(35)36-18-25(34)26-22-15-9-10-16-23(22)32(2)27(26)21-13-7-4-8-14-21/h3-17H,18H2,1-2H3/b24-17+. The van der Waals surface area contributed by atoms with Crippen molar-refractivity contribution in [2.45, 2.75) is 6.92 Å². The van der Waals surface area contributed by atoms with Gasteiger partial charge in [0.15, 0.2) is 18.1 Å². The first kappa shape index (κ1) is 22.9. The zero-order valence-corrected chi connectivity index (χ0v) is 19.8. The van der Waals surface area contributed by atoms with Crippen LogP contribution in [-0.4, -0.2) is 43.1 Å². The number of carbonyl (C=O) groups is 2. The van der Waals surface area contributed by atoms with Gasteiger partial charge in [-0.05, 0) is 40.6 Å². The molecule has 0 saturated carbocycles. The number of aromatic nitrogens is 5. The summed E-state index contributed by atoms with van der Waals surface area (Å²) in [7, 11) is 1.93. The lowest BCUT2D eigenvalue weighted by Gasteiger charge is -2.10. The maximum absolute atomic E-state index is 13.5. The number of para-hydroxylation sites is 1. The number of fused-ring (bicyclic) bond motifs is 1. The second kappa shape index (κ2) is 9.79. The van der Waals surface area contributed by atoms with Crippen LogP contribution in [0.25, 0.3) is 33.9 Å². The molecular weight excluding hydrogens is 454 g/mol. The van der Waals surface area contributed by atoms with Crippen LogP contribution in [0, 0.1) is 6.92 Å². The van der Waals surface area contributed by atoms with Gasteiger partial charge in [0.2, 0.25) is 5.78 Å². The van der Waals surface area contributed by atoms with E-state index in [1.807, 2.05) is 96.5 Å². The molecule has 0 aliphatic carbocycles. The SMILES string of the molecule is Cc1nnnn1/C(=C/c1ccccc1)C(=O)OCC(=O)c1c(-c2ccccc2)n(C)c2ccccc12. The molecule has 0 aliphatic heterocycles. The summed E-state index contributed by atoms with van der Waals surface area (Å²) in [6, 6.07) is 26.7. The van der Waals surface area contributed by atoms with Gasteiger partial charge in [0.05, 0.1) is 11.3 Å². The third-order valence-corrected chi connectivity index (χ3v) is 5.93. The number of carbonyl (C=O) groups excluding carboxylic acids is 2. The minimum Gasteiger partial charge on any atom is -0.453 e. The molecule has 178 valence electrons. The predicted molar refractivity (Wildman–Crippen MR) is 137 cm³/mol. The van der Waals surface area contributed by atoms with Crippen LogP contribution in [0.3, 0.4) is 0 Å². The molecule has 0 N–H and O–H groups in total. The second-order valence-corrected chi connectivity index (χ2v) is 8.24. The third kappa shape index (κ3) is 4.32. The number of tetrazole rings is 1. The molecule has 0 fully saturated rings. The average molecular weight is 478 g/mol. The first-order valence-corrected chi connectivity index (χ1v) is 11.4. The van der Waals surface area contributed by atoms with Gasteiger partial charge in [0.25, 0.3) is 0 Å². The van der Waals surface area contributed by atoms with Gasteiger partial charge in [0, 0.05) is 18.0 Å². The Labute approximate surface area is 207 Å². The summed E-state index contributed by atoms with van der Waals surface area (Å²) < 4.78 is 8.83. The lowest BCUT2D eigenvalue weighted by Crippen LogP contribution is -2.19. The number of rotatable bonds is 7. The number of hydrogen-bond donors (Lipinski definition) is 0. The summed E-state index contributed by atoms with van der Waals surface area (Å²) in [5.74, 6) is -0.587. The monoisotopic (exact) mass is 477 g/mol. The summed E-state index contributed by atoms with van der Waals surface area (Å²) in [6.07, 6.45) is 1.63. The molecule has 2 heterocycles. The fourth-order valence-electron chi connectivity index (χ4n) is 4.25. The number of ketones is 1. The van der Waals surface area contributed by atoms with Gasteiger partial charge in [-0.15, -0.1) is 5.10 Å². The van der Waals surface area contributed by atoms with Crippen molar-refractivity contribution < 1.29 is 14.3 Å². The van der Waals surface area contributed by atoms with Crippen LogP contribution in [0.15, 0.2) is 84.9 Å². The van der Waals surface area contributed by atoms with Crippen molar-refractivity contribution in [3.63, 3.8) is 0 Å². The van der Waals surface area contributed by atoms with Crippen molar-refractivity contribution in [1.29, 1.82) is 0 Å². The Morgan fingerprint density at radius 1 is 0.917 bits per heavy atom. The predicted octanol–water partition coefficient (Wildman–Crippen LogP) is 4.56. The Bertz CT molecular complexity index is 1580. The molecule has 2 aromatic heterocycles. The Balaban J connectivity index is 1.48. The summed E-state index contributed by atoms with van der Waals surface area (Å²) in [5, 5.41) is 12.2. The van der Waals surface area contributed by atoms with E-state index in [4.69, 9.17) is 4.74 Å². The average Bonchev–Trinajstić information content (AvgIpc) is 3.47. The summed E-state index contributed by atoms with van der Waals surface area (Å²) in [4.78, 5) is 26.7. The molecule has 3 aromatic carbocycles. The molecule has 0 atom stereocenters. The van der Waals surface area contributed by atoms with Gasteiger partial charge in [-0.1, -0.05) is 78.9 Å². The summed E-state index contributed by atoms with van der Waals surface area (Å²) in [5.41, 5.74) is 3.98. The molecule has 36 heavy (non-hydrogen) atoms. The van der Waals surface area contributed by atoms with E-state index < -0.39 is 12.6 Å². The number of aryl methyl sites for hydroxylation is 2. The minimum absolute atomic E-state index is 0.109. The molecule has 5 rings (SSSR count). The molecule has 0 amide bonds. The van der Waals surface area contributed by atoms with E-state index in [2.05, 4.69) is 15.5 Å². The van der Waals surface area contributed by atoms with E-state index in [-0.39, 0.29) is 11.5 Å². The molecule has 0 spiro atoms. The summed E-state index contributed by atoms with van der Waals surface area (Å²) in [6.45, 7) is 1.25. The highest BCUT2D eigenvalue weighted by Gasteiger charge is 2.24. The van der Waals surface area contributed by atoms with Crippen molar-refractivity contribution in [2.24, 2.45) is 7.05 Å². The van der Waals surface area contributed by atoms with Gasteiger partial charge in [-0.3, -0.25) is 4.79 Å². The lowest BCUT2D eigenvalue weighted by atomic mass is 10.0. The molecule has 0 saturated heterocycles. The molecular formula is C28H23N5O3. The van der Waals surface area contributed by atoms with Gasteiger partial charge in [0.1, 0.15) is 0 Å². The normalized spacial score (nSPS) is 11.6. The van der Waals surface area contributed by atoms with Gasteiger partial charge >= 0.3 is 5.97 Å². The van der Waals surface area contributed by atoms with Gasteiger partial charge in [-0.25, -0.2) is 4.79 Å². The largest absolute Gasteiger partial charge is 0.453 e. The highest BCUT2D eigenvalue weighted by molar-refractivity contribution is 6.18. The Morgan fingerprint density at radius 3 is 2.28 bits per heavy atom. The number of benzene rings is 3. The number of ether oxygens (including phenoxy) is 1. The van der Waals surface area contributed by atoms with Crippen molar-refractivity contribution in [1.82, 2.24) is 24.8 Å². The van der Waals surface area contributed by atoms with E-state index >= 15 is 0 Å². The highest BCUT2D eigenvalue weighted by Crippen LogP contribution is 2.33. The molecule has 0 radical (unpaired) electrons. The van der Waals surface area contributed by atoms with E-state index in [9.17, 15) is 9.59 Å². The third-order valence-electron chi connectivity index (χ3n) is 5.93. The Morgan fingerprint density at radius 2 is 1.58 bits per heavy atom. The smallest absolute Gasteiger partial charge is 0.357 e. The Hall–Kier alpha value is -4.85. The van der Waals surface area contributed by atoms with Crippen LogP contribution in [0.1, 0.15) is 21.7 Å². The first-order chi connectivity index (χ1) is 17.5. The molecule has 5 aromatic rings. The second-order valence-electron chi connectivity index (χ2n) is 8.24. The van der Waals surface area contributed by atoms with Crippen LogP contribution in [0.5, 0.6) is 0 Å². The number of Topliss-reactive ketones (excluding diaryl/α,β-unsaturated/α-hetero) is 1. The van der Waals surface area contributed by atoms with E-state index in [0.29, 0.717) is 11.4 Å². The quantitative estimate of drug-likeness (QED) is 0.194. The number of hydrogen-bond acceptors (Lipinski definition) is 6. The minimum atomic E-state index is -0.705. The summed E-state index contributed by atoms with van der Waals surface area (Å²) >= 11 is 0. The maximum Gasteiger partial charge on any atom is 0.357 e. The zero-order chi connectivity index (χ0) is 25.1. The molecule has 0 aliphatic rings. The topological polar surface area (TPSA) is 91.9 Å². The van der Waals surface area contributed by atoms with Crippen molar-refractivity contribution >= 4 is 34.4 Å². The molecule has 8 heteroatoms. The van der Waals surface area contributed by atoms with Gasteiger partial charge in [-0.2, -0.15) is 4.68 Å². The number of nitrogens with zero attached hydrogens (tertiary/aromatic N) is 5. The lowest BCUT2D eigenvalue weighted by molar-refractivity contribution is -0.136. The molecule has 0 unspecified atom stereocenters. The van der Waals surface area contributed by atoms with Crippen LogP contribution < -0.4 is 0 Å². The molecule has 8 nitrogen and oxygen atoms in total. The Kier molecular flexibility index (Phi) is 6.23. The van der Waals surface area contributed by atoms with Crippen LogP contribution in [-0.2, 0) is 16.6 Å². The van der Waals surface area contributed by atoms with E-state index in [1.54, 1.807) is 13.0 Å². The maximum atomic E-state index is 13.5. The number of esters is 1. The van der Waals surface area contributed by atoms with Crippen LogP contribution in [0.4, 0.5) is 0 Å². The van der Waals surface area contributed by atoms with Crippen LogP contribution in [0.2, 0.25) is 0 Å². The van der Waals surface area contributed by atoms with E-state index in [0.717, 1.165) is 27.7 Å². The van der Waals surface area contributed by atoms with E-state index in [1.165, 1.54) is 4.68 Å². The fourth-order valence-corrected chi connectivity index (χ4v) is 4.25. The van der Waals surface area contributed by atoms with Crippen molar-refractivity contribution in [3.05, 3.63) is 102 Å². The van der Waals surface area contributed by atoms with Crippen LogP contribution >= 0.6 is 0 Å².